The second-order valence-electron chi connectivity index (χ2n) is 5.11. The van der Waals surface area contributed by atoms with E-state index in [1.807, 2.05) is 11.9 Å². The third kappa shape index (κ3) is 5.80. The van der Waals surface area contributed by atoms with Crippen molar-refractivity contribution in [2.75, 3.05) is 25.5 Å². The van der Waals surface area contributed by atoms with Crippen molar-refractivity contribution in [3.8, 4) is 0 Å². The molecule has 0 aliphatic rings. The number of nitrogens with zero attached hydrogens (tertiary/aromatic N) is 3. The summed E-state index contributed by atoms with van der Waals surface area (Å²) in [7, 11) is 1.88. The van der Waals surface area contributed by atoms with Gasteiger partial charge in [0, 0.05) is 13.0 Å². The van der Waals surface area contributed by atoms with Crippen LogP contribution in [-0.2, 0) is 4.79 Å². The maximum atomic E-state index is 11.7. The van der Waals surface area contributed by atoms with Crippen molar-refractivity contribution < 1.29 is 9.21 Å². The molecule has 1 aromatic heterocycles. The minimum absolute atomic E-state index is 0.134. The van der Waals surface area contributed by atoms with Crippen LogP contribution in [0.25, 0.3) is 0 Å². The summed E-state index contributed by atoms with van der Waals surface area (Å²) in [5.41, 5.74) is 5.96. The number of nitrogens with two attached hydrogens (primary N) is 1. The highest BCUT2D eigenvalue weighted by atomic mass is 16.4. The highest BCUT2D eigenvalue weighted by Gasteiger charge is 2.12. The van der Waals surface area contributed by atoms with E-state index in [1.165, 1.54) is 0 Å². The molecule has 0 aliphatic carbocycles. The van der Waals surface area contributed by atoms with Crippen LogP contribution in [0.4, 0.5) is 6.01 Å². The largest absolute Gasteiger partial charge is 0.408 e. The van der Waals surface area contributed by atoms with E-state index in [-0.39, 0.29) is 24.5 Å². The maximum absolute atomic E-state index is 11.7. The van der Waals surface area contributed by atoms with Crippen LogP contribution >= 0.6 is 0 Å². The lowest BCUT2D eigenvalue weighted by Gasteiger charge is -2.20. The van der Waals surface area contributed by atoms with Crippen molar-refractivity contribution in [1.29, 1.82) is 0 Å². The van der Waals surface area contributed by atoms with Gasteiger partial charge in [0.1, 0.15) is 0 Å². The zero-order valence-corrected chi connectivity index (χ0v) is 12.0. The first-order valence-corrected chi connectivity index (χ1v) is 6.42. The zero-order valence-electron chi connectivity index (χ0n) is 12.0. The van der Waals surface area contributed by atoms with Crippen molar-refractivity contribution in [1.82, 2.24) is 15.1 Å². The Hall–Kier alpha value is -1.47. The highest BCUT2D eigenvalue weighted by Crippen LogP contribution is 2.05. The van der Waals surface area contributed by atoms with Crippen LogP contribution in [0.2, 0.25) is 0 Å². The molecule has 0 radical (unpaired) electrons. The van der Waals surface area contributed by atoms with E-state index in [4.69, 9.17) is 10.2 Å². The molecule has 1 atom stereocenters. The predicted molar refractivity (Wildman–Crippen MR) is 72.6 cm³/mol. The van der Waals surface area contributed by atoms with Gasteiger partial charge in [0.15, 0.2) is 0 Å². The molecule has 0 aliphatic heterocycles. The van der Waals surface area contributed by atoms with Crippen LogP contribution in [0.15, 0.2) is 4.42 Å². The minimum Gasteiger partial charge on any atom is -0.408 e. The van der Waals surface area contributed by atoms with E-state index < -0.39 is 0 Å². The number of aromatic nitrogens is 2. The van der Waals surface area contributed by atoms with Gasteiger partial charge >= 0.3 is 6.01 Å². The Balaban J connectivity index is 2.28. The Kier molecular flexibility index (Phi) is 5.91. The number of anilines is 1. The number of hydrogen-bond donors (Lipinski definition) is 2. The van der Waals surface area contributed by atoms with Crippen molar-refractivity contribution in [2.45, 2.75) is 33.2 Å². The monoisotopic (exact) mass is 269 g/mol. The molecule has 3 N–H and O–H groups in total. The summed E-state index contributed by atoms with van der Waals surface area (Å²) < 4.78 is 5.07. The Bertz CT molecular complexity index is 405. The third-order valence-corrected chi connectivity index (χ3v) is 2.89. The van der Waals surface area contributed by atoms with Crippen molar-refractivity contribution >= 4 is 11.9 Å². The van der Waals surface area contributed by atoms with E-state index in [2.05, 4.69) is 29.4 Å². The molecule has 0 aromatic carbocycles. The molecule has 0 saturated carbocycles. The maximum Gasteiger partial charge on any atom is 0.322 e. The molecule has 108 valence electrons. The van der Waals surface area contributed by atoms with E-state index in [9.17, 15) is 4.79 Å². The van der Waals surface area contributed by atoms with Gasteiger partial charge in [0.05, 0.1) is 6.54 Å². The number of likely N-dealkylation sites (N-methyl/N-ethyl adjacent to an activating group) is 1. The van der Waals surface area contributed by atoms with Gasteiger partial charge in [0.25, 0.3) is 0 Å². The summed E-state index contributed by atoms with van der Waals surface area (Å²) in [6.07, 6.45) is 0.862. The van der Waals surface area contributed by atoms with Crippen LogP contribution < -0.4 is 11.1 Å². The standard InChI is InChI=1S/C12H23N5O2/c1-8(2)10(13)5-6-17(4)7-11(18)14-12-16-15-9(3)19-12/h8,10H,5-7,13H2,1-4H3,(H,14,16,18). The lowest BCUT2D eigenvalue weighted by Crippen LogP contribution is -2.35. The Labute approximate surface area is 113 Å². The van der Waals surface area contributed by atoms with Gasteiger partial charge in [-0.3, -0.25) is 15.0 Å². The Morgan fingerprint density at radius 2 is 2.16 bits per heavy atom. The molecule has 0 bridgehead atoms. The summed E-state index contributed by atoms with van der Waals surface area (Å²) >= 11 is 0. The lowest BCUT2D eigenvalue weighted by atomic mass is 10.0. The minimum atomic E-state index is -0.177. The lowest BCUT2D eigenvalue weighted by molar-refractivity contribution is -0.117. The zero-order chi connectivity index (χ0) is 14.4. The molecular formula is C12H23N5O2. The fourth-order valence-corrected chi connectivity index (χ4v) is 1.53. The molecular weight excluding hydrogens is 246 g/mol. The molecule has 7 heteroatoms. The molecule has 1 unspecified atom stereocenters. The van der Waals surface area contributed by atoms with E-state index in [0.717, 1.165) is 13.0 Å². The second-order valence-corrected chi connectivity index (χ2v) is 5.11. The summed E-state index contributed by atoms with van der Waals surface area (Å²) in [5.74, 6) is 0.694. The van der Waals surface area contributed by atoms with E-state index >= 15 is 0 Å². The average molecular weight is 269 g/mol. The number of carbonyl (C=O) groups is 1. The average Bonchev–Trinajstić information content (AvgIpc) is 2.71. The number of carbonyl (C=O) groups excluding carboxylic acids is 1. The number of amides is 1. The molecule has 1 aromatic rings. The fraction of sp³-hybridized carbons (Fsp3) is 0.750. The van der Waals surface area contributed by atoms with Crippen LogP contribution in [-0.4, -0.2) is 47.2 Å². The first kappa shape index (κ1) is 15.6. The molecule has 0 spiro atoms. The highest BCUT2D eigenvalue weighted by molar-refractivity contribution is 5.90. The number of hydrogen-bond acceptors (Lipinski definition) is 6. The fourth-order valence-electron chi connectivity index (χ4n) is 1.53. The van der Waals surface area contributed by atoms with Gasteiger partial charge in [-0.25, -0.2) is 0 Å². The van der Waals surface area contributed by atoms with Crippen LogP contribution in [0.5, 0.6) is 0 Å². The van der Waals surface area contributed by atoms with Gasteiger partial charge in [-0.2, -0.15) is 0 Å². The second kappa shape index (κ2) is 7.20. The van der Waals surface area contributed by atoms with Crippen LogP contribution in [0.1, 0.15) is 26.2 Å². The Morgan fingerprint density at radius 3 is 2.68 bits per heavy atom. The molecule has 0 fully saturated rings. The molecule has 1 rings (SSSR count). The smallest absolute Gasteiger partial charge is 0.322 e. The molecule has 0 saturated heterocycles. The normalized spacial score (nSPS) is 13.0. The summed E-state index contributed by atoms with van der Waals surface area (Å²) in [6, 6.07) is 0.291. The topological polar surface area (TPSA) is 97.3 Å². The molecule has 1 heterocycles. The van der Waals surface area contributed by atoms with E-state index in [0.29, 0.717) is 11.8 Å². The molecule has 7 nitrogen and oxygen atoms in total. The van der Waals surface area contributed by atoms with Crippen LogP contribution in [0, 0.1) is 12.8 Å². The van der Waals surface area contributed by atoms with Gasteiger partial charge < -0.3 is 10.2 Å². The van der Waals surface area contributed by atoms with Crippen molar-refractivity contribution in [2.24, 2.45) is 11.7 Å². The first-order chi connectivity index (χ1) is 8.88. The summed E-state index contributed by atoms with van der Waals surface area (Å²) in [6.45, 7) is 6.90. The summed E-state index contributed by atoms with van der Waals surface area (Å²) in [4.78, 5) is 13.6. The molecule has 19 heavy (non-hydrogen) atoms. The predicted octanol–water partition coefficient (Wildman–Crippen LogP) is 0.622. The molecule has 1 amide bonds. The number of rotatable bonds is 7. The SMILES string of the molecule is Cc1nnc(NC(=O)CN(C)CCC(N)C(C)C)o1. The van der Waals surface area contributed by atoms with Crippen molar-refractivity contribution in [3.05, 3.63) is 5.89 Å². The number of aryl methyl sites for hydroxylation is 1. The Morgan fingerprint density at radius 1 is 1.47 bits per heavy atom. The number of nitrogens with one attached hydrogen (secondary N) is 1. The van der Waals surface area contributed by atoms with Gasteiger partial charge in [-0.05, 0) is 25.9 Å². The summed E-state index contributed by atoms with van der Waals surface area (Å²) in [5, 5.41) is 9.89. The third-order valence-electron chi connectivity index (χ3n) is 2.89. The quantitative estimate of drug-likeness (QED) is 0.753. The van der Waals surface area contributed by atoms with Crippen LogP contribution in [0.3, 0.4) is 0 Å². The van der Waals surface area contributed by atoms with Gasteiger partial charge in [0.2, 0.25) is 11.8 Å². The van der Waals surface area contributed by atoms with E-state index in [1.54, 1.807) is 6.92 Å². The first-order valence-electron chi connectivity index (χ1n) is 6.42. The van der Waals surface area contributed by atoms with Gasteiger partial charge in [-0.15, -0.1) is 5.10 Å². The van der Waals surface area contributed by atoms with Crippen molar-refractivity contribution in [3.63, 3.8) is 0 Å². The van der Waals surface area contributed by atoms with Gasteiger partial charge in [-0.1, -0.05) is 18.9 Å².